The molecule has 0 atom stereocenters. The molecule has 0 amide bonds. The largest absolute Gasteiger partial charge is 0.311 e. The maximum Gasteiger partial charge on any atom is 0.252 e. The molecule has 4 heteroatoms. The van der Waals surface area contributed by atoms with Gasteiger partial charge in [0.25, 0.3) is 6.71 Å². The van der Waals surface area contributed by atoms with Crippen molar-refractivity contribution >= 4 is 74.3 Å². The van der Waals surface area contributed by atoms with Crippen LogP contribution in [-0.4, -0.2) is 6.71 Å². The predicted octanol–water partition coefficient (Wildman–Crippen LogP) is 23.0. The molecular formula is C92H100BN3. The van der Waals surface area contributed by atoms with Gasteiger partial charge in [0.15, 0.2) is 0 Å². The molecule has 5 aliphatic rings. The van der Waals surface area contributed by atoms with Gasteiger partial charge < -0.3 is 14.7 Å². The number of fused-ring (bicyclic) bond motifs is 9. The van der Waals surface area contributed by atoms with Crippen molar-refractivity contribution in [1.82, 2.24) is 0 Å². The normalized spacial score (nSPS) is 17.7. The first-order valence-electron chi connectivity index (χ1n) is 35.7. The van der Waals surface area contributed by atoms with E-state index >= 15 is 0 Å². The Labute approximate surface area is 576 Å². The van der Waals surface area contributed by atoms with E-state index in [0.717, 1.165) is 29.2 Å². The van der Waals surface area contributed by atoms with Crippen LogP contribution in [0, 0.1) is 6.92 Å². The molecular weight excluding hydrogens is 1160 g/mol. The highest BCUT2D eigenvalue weighted by Crippen LogP contribution is 2.59. The third kappa shape index (κ3) is 9.47. The standard InChI is InChI=1S/C92H100BN3/c1-56-46-69-70(88(13,14)55-87(69,11)12)52-78(56)96-80-54-74-72(90(17,18)66-33-27-29-35-68(66)92(74,21)22)51-76(80)93-75-50-71-73(91(19,20)67-34-28-26-32-65(67)89(71,15)16)53-79(75)95(77-45-40-60(86(8,9)10)47-64(77)57-30-24-23-25-31-57)81-48-63(49-82(96)83(81)93)94(61-41-36-58(37-42-61)84(2,3)4)62-43-38-59(39-44-62)85(5,6)7/h23-54H,55H2,1-22H3. The summed E-state index contributed by atoms with van der Waals surface area (Å²) in [6.07, 6.45) is 1.08. The summed E-state index contributed by atoms with van der Waals surface area (Å²) in [4.78, 5) is 8.10. The smallest absolute Gasteiger partial charge is 0.252 e. The maximum absolute atomic E-state index is 2.78. The van der Waals surface area contributed by atoms with Gasteiger partial charge in [0.1, 0.15) is 0 Å². The van der Waals surface area contributed by atoms with Crippen LogP contribution in [0.2, 0.25) is 0 Å². The fourth-order valence-electron chi connectivity index (χ4n) is 18.6. The lowest BCUT2D eigenvalue weighted by Gasteiger charge is -2.50. The molecule has 15 rings (SSSR count). The fraction of sp³-hybridized carbons (Fsp3) is 0.348. The molecule has 2 aliphatic heterocycles. The van der Waals surface area contributed by atoms with Crippen LogP contribution < -0.4 is 31.1 Å². The Kier molecular flexibility index (Phi) is 13.8. The van der Waals surface area contributed by atoms with E-state index < -0.39 is 0 Å². The molecule has 10 aromatic rings. The van der Waals surface area contributed by atoms with E-state index in [2.05, 4.69) is 361 Å². The molecule has 0 saturated carbocycles. The summed E-state index contributed by atoms with van der Waals surface area (Å²) in [5.41, 5.74) is 34.9. The lowest BCUT2D eigenvalue weighted by atomic mass is 9.32. The molecule has 2 heterocycles. The predicted molar refractivity (Wildman–Crippen MR) is 413 cm³/mol. The molecule has 0 N–H and O–H groups in total. The Bertz CT molecular complexity index is 4800. The molecule has 96 heavy (non-hydrogen) atoms. The quantitative estimate of drug-likeness (QED) is 0.154. The Balaban J connectivity index is 1.15. The molecule has 0 saturated heterocycles. The van der Waals surface area contributed by atoms with E-state index in [0.29, 0.717) is 0 Å². The van der Waals surface area contributed by atoms with Crippen LogP contribution in [0.3, 0.4) is 0 Å². The number of hydrogen-bond donors (Lipinski definition) is 0. The van der Waals surface area contributed by atoms with Crippen molar-refractivity contribution in [3.63, 3.8) is 0 Å². The summed E-state index contributed by atoms with van der Waals surface area (Å²) >= 11 is 0. The highest BCUT2D eigenvalue weighted by Gasteiger charge is 2.52. The lowest BCUT2D eigenvalue weighted by molar-refractivity contribution is 0.403. The van der Waals surface area contributed by atoms with Crippen LogP contribution in [0.5, 0.6) is 0 Å². The molecule has 0 radical (unpaired) electrons. The van der Waals surface area contributed by atoms with Gasteiger partial charge in [0.05, 0.1) is 11.4 Å². The Morgan fingerprint density at radius 2 is 0.688 bits per heavy atom. The van der Waals surface area contributed by atoms with Gasteiger partial charge in [-0.05, 0) is 207 Å². The van der Waals surface area contributed by atoms with Crippen LogP contribution >= 0.6 is 0 Å². The van der Waals surface area contributed by atoms with E-state index in [9.17, 15) is 0 Å². The number of benzene rings is 10. The first-order valence-corrected chi connectivity index (χ1v) is 35.7. The third-order valence-electron chi connectivity index (χ3n) is 23.9. The van der Waals surface area contributed by atoms with E-state index in [-0.39, 0.29) is 55.4 Å². The molecule has 3 aliphatic carbocycles. The van der Waals surface area contributed by atoms with Crippen LogP contribution in [0.1, 0.15) is 230 Å². The second kappa shape index (κ2) is 20.8. The monoisotopic (exact) mass is 1260 g/mol. The van der Waals surface area contributed by atoms with Crippen LogP contribution in [0.25, 0.3) is 11.1 Å². The summed E-state index contributed by atoms with van der Waals surface area (Å²) in [5.74, 6) is 0. The molecule has 10 aromatic carbocycles. The van der Waals surface area contributed by atoms with Crippen molar-refractivity contribution in [3.8, 4) is 11.1 Å². The molecule has 0 unspecified atom stereocenters. The van der Waals surface area contributed by atoms with Gasteiger partial charge in [-0.2, -0.15) is 0 Å². The summed E-state index contributed by atoms with van der Waals surface area (Å²) < 4.78 is 0. The Morgan fingerprint density at radius 1 is 0.323 bits per heavy atom. The van der Waals surface area contributed by atoms with E-state index in [1.165, 1.54) is 134 Å². The second-order valence-corrected chi connectivity index (χ2v) is 35.9. The van der Waals surface area contributed by atoms with E-state index in [1.807, 2.05) is 0 Å². The topological polar surface area (TPSA) is 9.72 Å². The third-order valence-corrected chi connectivity index (χ3v) is 23.9. The highest BCUT2D eigenvalue weighted by molar-refractivity contribution is 7.00. The molecule has 0 spiro atoms. The van der Waals surface area contributed by atoms with Crippen molar-refractivity contribution in [1.29, 1.82) is 0 Å². The fourth-order valence-corrected chi connectivity index (χ4v) is 18.6. The molecule has 0 bridgehead atoms. The number of rotatable bonds is 6. The second-order valence-electron chi connectivity index (χ2n) is 35.9. The zero-order valence-corrected chi connectivity index (χ0v) is 61.6. The summed E-state index contributed by atoms with van der Waals surface area (Å²) in [6.45, 7) is 53.0. The van der Waals surface area contributed by atoms with Gasteiger partial charge in [-0.3, -0.25) is 0 Å². The van der Waals surface area contributed by atoms with Crippen molar-refractivity contribution in [2.45, 2.75) is 207 Å². The van der Waals surface area contributed by atoms with Gasteiger partial charge in [0, 0.05) is 67.0 Å². The van der Waals surface area contributed by atoms with Gasteiger partial charge >= 0.3 is 0 Å². The number of anilines is 9. The van der Waals surface area contributed by atoms with E-state index in [1.54, 1.807) is 0 Å². The Hall–Kier alpha value is -8.34. The number of nitrogens with zero attached hydrogens (tertiary/aromatic N) is 3. The van der Waals surface area contributed by atoms with Gasteiger partial charge in [-0.25, -0.2) is 0 Å². The molecule has 0 fully saturated rings. The van der Waals surface area contributed by atoms with Crippen LogP contribution in [0.4, 0.5) is 51.2 Å². The summed E-state index contributed by atoms with van der Waals surface area (Å²) in [6, 6.07) is 77.6. The molecule has 486 valence electrons. The first kappa shape index (κ1) is 63.7. The minimum absolute atomic E-state index is 0.0188. The lowest BCUT2D eigenvalue weighted by Crippen LogP contribution is -2.62. The van der Waals surface area contributed by atoms with Crippen LogP contribution in [0.15, 0.2) is 194 Å². The zero-order valence-electron chi connectivity index (χ0n) is 61.6. The summed E-state index contributed by atoms with van der Waals surface area (Å²) in [7, 11) is 0. The average molecular weight is 1260 g/mol. The average Bonchev–Trinajstić information content (AvgIpc) is 1.28. The number of hydrogen-bond acceptors (Lipinski definition) is 3. The van der Waals surface area contributed by atoms with Gasteiger partial charge in [-0.1, -0.05) is 273 Å². The zero-order chi connectivity index (χ0) is 68.3. The minimum Gasteiger partial charge on any atom is -0.311 e. The van der Waals surface area contributed by atoms with E-state index in [4.69, 9.17) is 0 Å². The van der Waals surface area contributed by atoms with Crippen molar-refractivity contribution in [3.05, 3.63) is 272 Å². The van der Waals surface area contributed by atoms with Crippen molar-refractivity contribution in [2.75, 3.05) is 14.7 Å². The Morgan fingerprint density at radius 3 is 1.10 bits per heavy atom. The molecule has 3 nitrogen and oxygen atoms in total. The molecule has 0 aromatic heterocycles. The SMILES string of the molecule is Cc1cc2c(cc1N1c3cc4c(cc3B3c5cc6c(cc5N(c5ccc(C(C)(C)C)cc5-c5ccccc5)c5cc(N(c7ccc(C(C)(C)C)cc7)c7ccc(C(C)(C)C)cc7)cc1c53)C(C)(C)c1ccccc1C6(C)C)C(C)(C)c1ccccc1C4(C)C)C(C)(C)CC2(C)C. The number of aryl methyl sites for hydroxylation is 1. The van der Waals surface area contributed by atoms with Crippen LogP contribution in [-0.2, 0) is 48.7 Å². The minimum atomic E-state index is -0.320. The van der Waals surface area contributed by atoms with Gasteiger partial charge in [-0.15, -0.1) is 0 Å². The van der Waals surface area contributed by atoms with Gasteiger partial charge in [0.2, 0.25) is 0 Å². The maximum atomic E-state index is 2.78. The first-order chi connectivity index (χ1) is 44.9. The highest BCUT2D eigenvalue weighted by atomic mass is 15.2. The summed E-state index contributed by atoms with van der Waals surface area (Å²) in [5, 5.41) is 0. The van der Waals surface area contributed by atoms with Crippen molar-refractivity contribution < 1.29 is 0 Å². The van der Waals surface area contributed by atoms with Crippen molar-refractivity contribution in [2.24, 2.45) is 0 Å².